The Morgan fingerprint density at radius 1 is 1.33 bits per heavy atom. The van der Waals surface area contributed by atoms with E-state index < -0.39 is 9.84 Å². The predicted molar refractivity (Wildman–Crippen MR) is 92.7 cm³/mol. The highest BCUT2D eigenvalue weighted by molar-refractivity contribution is 7.91. The average molecular weight is 368 g/mol. The zero-order valence-corrected chi connectivity index (χ0v) is 15.3. The van der Waals surface area contributed by atoms with Crippen molar-refractivity contribution < 1.29 is 8.42 Å². The van der Waals surface area contributed by atoms with Crippen molar-refractivity contribution in [3.05, 3.63) is 17.0 Å². The fraction of sp³-hybridized carbons (Fsp3) is 0.667. The van der Waals surface area contributed by atoms with Gasteiger partial charge >= 0.3 is 0 Å². The van der Waals surface area contributed by atoms with E-state index in [9.17, 15) is 8.42 Å². The lowest BCUT2D eigenvalue weighted by Gasteiger charge is -2.11. The molecule has 0 spiro atoms. The Kier molecular flexibility index (Phi) is 4.17. The van der Waals surface area contributed by atoms with Crippen molar-refractivity contribution >= 4 is 21.2 Å². The molecule has 4 heterocycles. The Morgan fingerprint density at radius 3 is 2.83 bits per heavy atom. The van der Waals surface area contributed by atoms with Crippen molar-refractivity contribution in [3.63, 3.8) is 0 Å². The summed E-state index contributed by atoms with van der Waals surface area (Å²) in [6.45, 7) is 5.01. The molecule has 2 fully saturated rings. The molecule has 9 heteroatoms. The second-order valence-corrected chi connectivity index (χ2v) is 9.93. The molecule has 0 amide bonds. The summed E-state index contributed by atoms with van der Waals surface area (Å²) in [5.74, 6) is 1.81. The summed E-state index contributed by atoms with van der Waals surface area (Å²) in [6.07, 6.45) is 4.99. The minimum Gasteiger partial charge on any atom is -0.297 e. The Hall–Kier alpha value is -1.32. The van der Waals surface area contributed by atoms with Crippen molar-refractivity contribution in [2.45, 2.75) is 38.8 Å². The van der Waals surface area contributed by atoms with Crippen molar-refractivity contribution in [2.24, 2.45) is 0 Å². The van der Waals surface area contributed by atoms with Crippen LogP contribution in [0.3, 0.4) is 0 Å². The van der Waals surface area contributed by atoms with Gasteiger partial charge in [0.05, 0.1) is 29.0 Å². The van der Waals surface area contributed by atoms with Gasteiger partial charge in [0, 0.05) is 6.20 Å². The van der Waals surface area contributed by atoms with Crippen LogP contribution in [0.25, 0.3) is 10.7 Å². The molecule has 4 rings (SSSR count). The maximum Gasteiger partial charge on any atom is 0.170 e. The van der Waals surface area contributed by atoms with Crippen LogP contribution in [-0.4, -0.2) is 57.7 Å². The van der Waals surface area contributed by atoms with E-state index in [2.05, 4.69) is 20.0 Å². The van der Waals surface area contributed by atoms with Gasteiger partial charge in [-0.3, -0.25) is 4.90 Å². The van der Waals surface area contributed by atoms with Gasteiger partial charge in [0.15, 0.2) is 15.7 Å². The lowest BCUT2D eigenvalue weighted by molar-refractivity contribution is 0.331. The van der Waals surface area contributed by atoms with Gasteiger partial charge < -0.3 is 0 Å². The van der Waals surface area contributed by atoms with Crippen molar-refractivity contribution in [1.82, 2.24) is 24.6 Å². The molecule has 1 unspecified atom stereocenters. The van der Waals surface area contributed by atoms with Gasteiger partial charge in [0.1, 0.15) is 10.8 Å². The lowest BCUT2D eigenvalue weighted by Crippen LogP contribution is -2.17. The molecule has 2 aliphatic rings. The van der Waals surface area contributed by atoms with Crippen molar-refractivity contribution in [1.29, 1.82) is 0 Å². The Morgan fingerprint density at radius 2 is 2.12 bits per heavy atom. The van der Waals surface area contributed by atoms with E-state index in [4.69, 9.17) is 0 Å². The third kappa shape index (κ3) is 3.25. The van der Waals surface area contributed by atoms with E-state index in [1.54, 1.807) is 16.0 Å². The summed E-state index contributed by atoms with van der Waals surface area (Å²) in [5, 5.41) is 5.54. The third-order valence-electron chi connectivity index (χ3n) is 4.62. The second kappa shape index (κ2) is 6.20. The lowest BCUT2D eigenvalue weighted by atomic mass is 10.2. The van der Waals surface area contributed by atoms with Gasteiger partial charge in [-0.15, -0.1) is 11.3 Å². The maximum absolute atomic E-state index is 11.8. The van der Waals surface area contributed by atoms with Crippen LogP contribution in [0.15, 0.2) is 6.20 Å². The number of hydrogen-bond donors (Lipinski definition) is 0. The fourth-order valence-electron chi connectivity index (χ4n) is 3.44. The molecule has 0 aromatic carbocycles. The zero-order chi connectivity index (χ0) is 16.7. The molecule has 0 saturated carbocycles. The third-order valence-corrected chi connectivity index (χ3v) is 7.35. The molecule has 130 valence electrons. The standard InChI is InChI=1S/C15H21N5O2S2/c1-11-17-15(20(18-11)12-4-7-24(21,22)10-12)13-8-16-14(23-13)9-19-5-2-3-6-19/h8,12H,2-7,9-10H2,1H3. The van der Waals surface area contributed by atoms with E-state index in [0.29, 0.717) is 12.2 Å². The molecule has 7 nitrogen and oxygen atoms in total. The Bertz CT molecular complexity index is 836. The number of likely N-dealkylation sites (tertiary alicyclic amines) is 1. The first-order valence-electron chi connectivity index (χ1n) is 8.31. The van der Waals surface area contributed by atoms with Gasteiger partial charge in [0.25, 0.3) is 0 Å². The molecule has 2 aromatic heterocycles. The fourth-order valence-corrected chi connectivity index (χ4v) is 6.07. The highest BCUT2D eigenvalue weighted by Crippen LogP contribution is 2.31. The molecule has 0 aliphatic carbocycles. The SMILES string of the molecule is Cc1nc(-c2cnc(CN3CCCC3)s2)n(C2CCS(=O)(=O)C2)n1. The van der Waals surface area contributed by atoms with Crippen LogP contribution >= 0.6 is 11.3 Å². The number of sulfone groups is 1. The summed E-state index contributed by atoms with van der Waals surface area (Å²) >= 11 is 1.63. The van der Waals surface area contributed by atoms with Crippen LogP contribution in [0.5, 0.6) is 0 Å². The molecule has 2 saturated heterocycles. The van der Waals surface area contributed by atoms with Crippen LogP contribution in [0.4, 0.5) is 0 Å². The van der Waals surface area contributed by atoms with Crippen LogP contribution in [0.2, 0.25) is 0 Å². The summed E-state index contributed by atoms with van der Waals surface area (Å²) in [4.78, 5) is 12.5. The minimum absolute atomic E-state index is 0.115. The Balaban J connectivity index is 1.59. The number of thiazole rings is 1. The van der Waals surface area contributed by atoms with Crippen LogP contribution < -0.4 is 0 Å². The molecule has 2 aliphatic heterocycles. The molecule has 0 bridgehead atoms. The van der Waals surface area contributed by atoms with Gasteiger partial charge in [-0.1, -0.05) is 0 Å². The number of nitrogens with zero attached hydrogens (tertiary/aromatic N) is 5. The molecule has 1 atom stereocenters. The summed E-state index contributed by atoms with van der Waals surface area (Å²) in [5.41, 5.74) is 0. The first-order chi connectivity index (χ1) is 11.5. The summed E-state index contributed by atoms with van der Waals surface area (Å²) < 4.78 is 25.4. The van der Waals surface area contributed by atoms with Gasteiger partial charge in [0.2, 0.25) is 0 Å². The highest BCUT2D eigenvalue weighted by atomic mass is 32.2. The van der Waals surface area contributed by atoms with Gasteiger partial charge in [-0.05, 0) is 39.3 Å². The normalized spacial score (nSPS) is 24.0. The number of hydrogen-bond acceptors (Lipinski definition) is 7. The topological polar surface area (TPSA) is 81.0 Å². The van der Waals surface area contributed by atoms with Crippen molar-refractivity contribution in [2.75, 3.05) is 24.6 Å². The number of rotatable bonds is 4. The van der Waals surface area contributed by atoms with E-state index in [1.807, 2.05) is 13.1 Å². The molecule has 24 heavy (non-hydrogen) atoms. The number of aryl methyl sites for hydroxylation is 1. The van der Waals surface area contributed by atoms with E-state index in [0.717, 1.165) is 35.3 Å². The second-order valence-electron chi connectivity index (χ2n) is 6.59. The van der Waals surface area contributed by atoms with Gasteiger partial charge in [-0.2, -0.15) is 5.10 Å². The molecular weight excluding hydrogens is 346 g/mol. The summed E-state index contributed by atoms with van der Waals surface area (Å²) in [6, 6.07) is -0.115. The number of aromatic nitrogens is 4. The monoisotopic (exact) mass is 367 g/mol. The summed E-state index contributed by atoms with van der Waals surface area (Å²) in [7, 11) is -2.95. The van der Waals surface area contributed by atoms with Crippen LogP contribution in [-0.2, 0) is 16.4 Å². The molecule has 2 aromatic rings. The smallest absolute Gasteiger partial charge is 0.170 e. The minimum atomic E-state index is -2.95. The van der Waals surface area contributed by atoms with E-state index in [1.165, 1.54) is 12.8 Å². The van der Waals surface area contributed by atoms with Crippen molar-refractivity contribution in [3.8, 4) is 10.7 Å². The Labute approximate surface area is 145 Å². The van der Waals surface area contributed by atoms with E-state index >= 15 is 0 Å². The molecule has 0 radical (unpaired) electrons. The van der Waals surface area contributed by atoms with Crippen LogP contribution in [0.1, 0.15) is 36.1 Å². The largest absolute Gasteiger partial charge is 0.297 e. The first-order valence-corrected chi connectivity index (χ1v) is 10.9. The quantitative estimate of drug-likeness (QED) is 0.818. The zero-order valence-electron chi connectivity index (χ0n) is 13.7. The average Bonchev–Trinajstić information content (AvgIpc) is 3.26. The molecular formula is C15H21N5O2S2. The highest BCUT2D eigenvalue weighted by Gasteiger charge is 2.32. The van der Waals surface area contributed by atoms with E-state index in [-0.39, 0.29) is 17.5 Å². The van der Waals surface area contributed by atoms with Gasteiger partial charge in [-0.25, -0.2) is 23.1 Å². The maximum atomic E-state index is 11.8. The van der Waals surface area contributed by atoms with Crippen LogP contribution in [0, 0.1) is 6.92 Å². The molecule has 0 N–H and O–H groups in total. The predicted octanol–water partition coefficient (Wildman–Crippen LogP) is 1.67. The first kappa shape index (κ1) is 16.2.